The first-order chi connectivity index (χ1) is 21.4. The molecule has 2 heterocycles. The van der Waals surface area contributed by atoms with Crippen molar-refractivity contribution in [1.82, 2.24) is 5.32 Å². The van der Waals surface area contributed by atoms with E-state index in [1.807, 2.05) is 65.0 Å². The van der Waals surface area contributed by atoms with Crippen LogP contribution in [0.3, 0.4) is 0 Å². The molecule has 0 spiro atoms. The summed E-state index contributed by atoms with van der Waals surface area (Å²) in [4.78, 5) is 13.5. The summed E-state index contributed by atoms with van der Waals surface area (Å²) in [6.45, 7) is 11.5. The summed E-state index contributed by atoms with van der Waals surface area (Å²) in [5, 5.41) is 2.64. The predicted molar refractivity (Wildman–Crippen MR) is 180 cm³/mol. The third kappa shape index (κ3) is 7.05. The number of rotatable bonds is 12. The average molecular weight is 671 g/mol. The lowest BCUT2D eigenvalue weighted by molar-refractivity contribution is -0.438. The number of carbonyl (C=O) groups is 1. The van der Waals surface area contributed by atoms with Crippen molar-refractivity contribution in [3.05, 3.63) is 83.6 Å². The van der Waals surface area contributed by atoms with Crippen molar-refractivity contribution in [2.24, 2.45) is 0 Å². The molecule has 248 valence electrons. The Balaban J connectivity index is 1.63. The maximum absolute atomic E-state index is 11.9. The molecule has 2 aromatic carbocycles. The molecule has 46 heavy (non-hydrogen) atoms. The molecule has 12 heteroatoms. The number of hydrogen-bond acceptors (Lipinski definition) is 6. The van der Waals surface area contributed by atoms with Crippen LogP contribution in [0, 0.1) is 0 Å². The number of nitrogens with one attached hydrogen (secondary N) is 1. The van der Waals surface area contributed by atoms with Crippen LogP contribution in [0.2, 0.25) is 0 Å². The second-order valence-corrected chi connectivity index (χ2v) is 15.5. The molecule has 0 aromatic heterocycles. The van der Waals surface area contributed by atoms with E-state index in [1.54, 1.807) is 19.2 Å². The molecule has 0 radical (unpaired) electrons. The van der Waals surface area contributed by atoms with Crippen LogP contribution in [-0.2, 0) is 35.9 Å². The number of hydrogen-bond donors (Lipinski definition) is 3. The number of allylic oxidation sites excluding steroid dienone is 6. The number of likely N-dealkylation sites (N-methyl/N-ethyl adjacent to an activating group) is 1. The molecule has 2 aliphatic rings. The van der Waals surface area contributed by atoms with E-state index in [0.717, 1.165) is 53.2 Å². The van der Waals surface area contributed by atoms with Crippen LogP contribution in [-0.4, -0.2) is 62.3 Å². The minimum atomic E-state index is -4.37. The molecule has 0 atom stereocenters. The first-order valence-corrected chi connectivity index (χ1v) is 18.2. The summed E-state index contributed by atoms with van der Waals surface area (Å²) in [5.41, 5.74) is 4.28. The Morgan fingerprint density at radius 3 is 2.11 bits per heavy atom. The molecular formula is C34H44N3O7S2+. The van der Waals surface area contributed by atoms with Gasteiger partial charge in [-0.2, -0.15) is 21.4 Å². The first-order valence-electron chi connectivity index (χ1n) is 15.4. The Morgan fingerprint density at radius 1 is 0.870 bits per heavy atom. The molecule has 2 aliphatic heterocycles. The van der Waals surface area contributed by atoms with Gasteiger partial charge < -0.3 is 10.2 Å². The van der Waals surface area contributed by atoms with E-state index < -0.39 is 31.1 Å². The minimum absolute atomic E-state index is 0.0112. The number of fused-ring (bicyclic) bond motifs is 2. The Bertz CT molecular complexity index is 1870. The number of unbranched alkanes of at least 4 members (excludes halogenated alkanes) is 2. The fraction of sp³-hybridized carbons (Fsp3) is 0.412. The van der Waals surface area contributed by atoms with Crippen LogP contribution in [0.25, 0.3) is 0 Å². The molecule has 0 saturated heterocycles. The highest BCUT2D eigenvalue weighted by Crippen LogP contribution is 2.48. The lowest BCUT2D eigenvalue weighted by atomic mass is 9.81. The summed E-state index contributed by atoms with van der Waals surface area (Å²) in [6.07, 6.45) is 12.7. The lowest BCUT2D eigenvalue weighted by Gasteiger charge is -2.25. The normalized spacial score (nSPS) is 18.2. The van der Waals surface area contributed by atoms with Gasteiger partial charge in [-0.15, -0.1) is 0 Å². The Kier molecular flexibility index (Phi) is 10.2. The first kappa shape index (κ1) is 35.3. The van der Waals surface area contributed by atoms with Gasteiger partial charge in [0.15, 0.2) is 5.71 Å². The van der Waals surface area contributed by atoms with Gasteiger partial charge in [0, 0.05) is 60.9 Å². The molecule has 2 aromatic rings. The van der Waals surface area contributed by atoms with Crippen LogP contribution in [0.5, 0.6) is 0 Å². The third-order valence-electron chi connectivity index (χ3n) is 8.93. The SMILES string of the molecule is CCN1/C(=C/C=C/C=C/C2=[N+](CCCCCC(=O)NC)c3ccc(S(=O)(=O)O)cc3C2(C)C)C(C)(C)c2cc(S(=O)(=O)O)ccc21. The molecule has 0 saturated carbocycles. The Labute approximate surface area is 272 Å². The largest absolute Gasteiger partial charge is 0.359 e. The molecule has 1 amide bonds. The molecule has 4 rings (SSSR count). The summed E-state index contributed by atoms with van der Waals surface area (Å²) < 4.78 is 69.0. The van der Waals surface area contributed by atoms with Gasteiger partial charge in [-0.25, -0.2) is 0 Å². The van der Waals surface area contributed by atoms with E-state index in [4.69, 9.17) is 0 Å². The van der Waals surface area contributed by atoms with Gasteiger partial charge in [0.05, 0.1) is 15.2 Å². The maximum atomic E-state index is 11.9. The van der Waals surface area contributed by atoms with Crippen LogP contribution in [0.15, 0.2) is 82.3 Å². The minimum Gasteiger partial charge on any atom is -0.359 e. The van der Waals surface area contributed by atoms with Crippen LogP contribution in [0.4, 0.5) is 11.4 Å². The quantitative estimate of drug-likeness (QED) is 0.113. The van der Waals surface area contributed by atoms with Gasteiger partial charge in [-0.3, -0.25) is 13.9 Å². The van der Waals surface area contributed by atoms with E-state index in [9.17, 15) is 30.7 Å². The monoisotopic (exact) mass is 670 g/mol. The van der Waals surface area contributed by atoms with Gasteiger partial charge in [-0.1, -0.05) is 32.1 Å². The van der Waals surface area contributed by atoms with Crippen molar-refractivity contribution < 1.29 is 35.3 Å². The molecule has 0 aliphatic carbocycles. The van der Waals surface area contributed by atoms with Gasteiger partial charge in [0.25, 0.3) is 20.2 Å². The highest BCUT2D eigenvalue weighted by molar-refractivity contribution is 7.86. The van der Waals surface area contributed by atoms with E-state index >= 15 is 0 Å². The van der Waals surface area contributed by atoms with Crippen molar-refractivity contribution >= 4 is 43.2 Å². The smallest absolute Gasteiger partial charge is 0.294 e. The number of nitrogens with zero attached hydrogens (tertiary/aromatic N) is 2. The number of carbonyl (C=O) groups excluding carboxylic acids is 1. The Hall–Kier alpha value is -3.58. The van der Waals surface area contributed by atoms with Gasteiger partial charge in [0.1, 0.15) is 6.54 Å². The fourth-order valence-electron chi connectivity index (χ4n) is 6.43. The fourth-order valence-corrected chi connectivity index (χ4v) is 7.44. The molecular weight excluding hydrogens is 627 g/mol. The molecule has 3 N–H and O–H groups in total. The lowest BCUT2D eigenvalue weighted by Crippen LogP contribution is -2.28. The summed E-state index contributed by atoms with van der Waals surface area (Å²) in [5.74, 6) is 0.0112. The van der Waals surface area contributed by atoms with E-state index in [1.165, 1.54) is 24.3 Å². The van der Waals surface area contributed by atoms with Crippen molar-refractivity contribution in [1.29, 1.82) is 0 Å². The van der Waals surface area contributed by atoms with Crippen molar-refractivity contribution in [2.45, 2.75) is 80.9 Å². The van der Waals surface area contributed by atoms with Crippen LogP contribution in [0.1, 0.15) is 71.4 Å². The van der Waals surface area contributed by atoms with Gasteiger partial charge >= 0.3 is 0 Å². The maximum Gasteiger partial charge on any atom is 0.294 e. The van der Waals surface area contributed by atoms with Gasteiger partial charge in [0.2, 0.25) is 11.6 Å². The number of anilines is 1. The van der Waals surface area contributed by atoms with Crippen molar-refractivity contribution in [3.63, 3.8) is 0 Å². The zero-order valence-electron chi connectivity index (χ0n) is 27.2. The van der Waals surface area contributed by atoms with E-state index in [2.05, 4.69) is 14.8 Å². The second-order valence-electron chi connectivity index (χ2n) is 12.6. The second kappa shape index (κ2) is 13.3. The van der Waals surface area contributed by atoms with E-state index in [-0.39, 0.29) is 15.7 Å². The standard InChI is InChI=1S/C34H43N3O7S2/c1-7-36-28-19-17-24(45(39,40)41)22-26(28)33(2,3)30(36)14-10-8-11-15-31-34(4,5)27-23-25(46(42,43)44)18-20-29(27)37(31)21-13-9-12-16-32(38)35-6/h8,10-11,14-15,17-20,22-23H,7,9,12-13,16,21H2,1-6H3,(H2-,35,38,39,40,41,42,43,44)/p+1. The molecule has 0 fully saturated rings. The summed E-state index contributed by atoms with van der Waals surface area (Å²) >= 11 is 0. The Morgan fingerprint density at radius 2 is 1.50 bits per heavy atom. The van der Waals surface area contributed by atoms with E-state index in [0.29, 0.717) is 19.5 Å². The third-order valence-corrected chi connectivity index (χ3v) is 10.6. The summed E-state index contributed by atoms with van der Waals surface area (Å²) in [6, 6.07) is 9.37. The molecule has 0 unspecified atom stereocenters. The number of benzene rings is 2. The highest BCUT2D eigenvalue weighted by Gasteiger charge is 2.45. The van der Waals surface area contributed by atoms with Crippen LogP contribution >= 0.6 is 0 Å². The topological polar surface area (TPSA) is 144 Å². The zero-order valence-corrected chi connectivity index (χ0v) is 28.9. The summed E-state index contributed by atoms with van der Waals surface area (Å²) in [7, 11) is -7.08. The average Bonchev–Trinajstić information content (AvgIpc) is 3.33. The van der Waals surface area contributed by atoms with Gasteiger partial charge in [-0.05, 0) is 75.6 Å². The van der Waals surface area contributed by atoms with Crippen LogP contribution < -0.4 is 10.2 Å². The highest BCUT2D eigenvalue weighted by atomic mass is 32.2. The predicted octanol–water partition coefficient (Wildman–Crippen LogP) is 5.68. The zero-order chi connectivity index (χ0) is 34.1. The molecule has 0 bridgehead atoms. The van der Waals surface area contributed by atoms with Crippen molar-refractivity contribution in [2.75, 3.05) is 25.0 Å². The van der Waals surface area contributed by atoms with Crippen molar-refractivity contribution in [3.8, 4) is 0 Å². The molecule has 10 nitrogen and oxygen atoms in total. The number of amides is 1.